The summed E-state index contributed by atoms with van der Waals surface area (Å²) in [6.45, 7) is 6.83. The van der Waals surface area contributed by atoms with E-state index in [9.17, 15) is 14.4 Å². The zero-order valence-corrected chi connectivity index (χ0v) is 17.5. The maximum Gasteiger partial charge on any atom is 0.243 e. The summed E-state index contributed by atoms with van der Waals surface area (Å²) in [6, 6.07) is 6.65. The third kappa shape index (κ3) is 6.01. The van der Waals surface area contributed by atoms with Gasteiger partial charge in [-0.2, -0.15) is 0 Å². The average molecular weight is 418 g/mol. The molecule has 0 spiro atoms. The fourth-order valence-corrected chi connectivity index (χ4v) is 3.92. The Morgan fingerprint density at radius 2 is 1.90 bits per heavy atom. The normalized spacial score (nSPS) is 20.7. The number of rotatable bonds is 7. The number of β-amino-alcohol motifs (C(OH)–C–C–N with tert-alkyl or cyclic N) is 1. The largest absolute Gasteiger partial charge is 0.395 e. The first-order valence-electron chi connectivity index (χ1n) is 10.5. The van der Waals surface area contributed by atoms with Gasteiger partial charge in [0, 0.05) is 51.5 Å². The van der Waals surface area contributed by atoms with E-state index in [0.717, 1.165) is 31.7 Å². The summed E-state index contributed by atoms with van der Waals surface area (Å²) in [7, 11) is 0. The van der Waals surface area contributed by atoms with Crippen molar-refractivity contribution >= 4 is 23.4 Å². The molecular weight excluding hydrogens is 386 g/mol. The minimum Gasteiger partial charge on any atom is -0.395 e. The lowest BCUT2D eigenvalue weighted by Crippen LogP contribution is -2.60. The summed E-state index contributed by atoms with van der Waals surface area (Å²) < 4.78 is 0. The molecule has 9 heteroatoms. The highest BCUT2D eigenvalue weighted by Crippen LogP contribution is 2.14. The molecule has 2 aliphatic heterocycles. The van der Waals surface area contributed by atoms with Gasteiger partial charge in [-0.3, -0.25) is 24.2 Å². The van der Waals surface area contributed by atoms with E-state index in [2.05, 4.69) is 20.4 Å². The minimum absolute atomic E-state index is 0.0736. The van der Waals surface area contributed by atoms with Gasteiger partial charge in [0.25, 0.3) is 0 Å². The molecule has 0 radical (unpaired) electrons. The first-order valence-corrected chi connectivity index (χ1v) is 10.5. The van der Waals surface area contributed by atoms with E-state index >= 15 is 0 Å². The predicted molar refractivity (Wildman–Crippen MR) is 113 cm³/mol. The van der Waals surface area contributed by atoms with Crippen molar-refractivity contribution in [3.05, 3.63) is 29.8 Å². The lowest BCUT2D eigenvalue weighted by molar-refractivity contribution is -0.145. The first kappa shape index (κ1) is 22.2. The Morgan fingerprint density at radius 3 is 2.60 bits per heavy atom. The van der Waals surface area contributed by atoms with Crippen molar-refractivity contribution in [3.8, 4) is 0 Å². The third-order valence-electron chi connectivity index (χ3n) is 5.57. The molecule has 3 rings (SSSR count). The number of hydrogen-bond donors (Lipinski definition) is 3. The van der Waals surface area contributed by atoms with Gasteiger partial charge in [-0.25, -0.2) is 0 Å². The SMILES string of the molecule is Cc1cccc(NC(=O)C[C@H]2C(=O)NCCN2C(=O)CN2CCN(CCO)CC2)c1. The van der Waals surface area contributed by atoms with Crippen LogP contribution < -0.4 is 10.6 Å². The van der Waals surface area contributed by atoms with Gasteiger partial charge in [-0.05, 0) is 24.6 Å². The second-order valence-electron chi connectivity index (χ2n) is 7.86. The van der Waals surface area contributed by atoms with Crippen LogP contribution in [0.2, 0.25) is 0 Å². The number of benzene rings is 1. The maximum atomic E-state index is 12.9. The molecule has 1 aromatic carbocycles. The van der Waals surface area contributed by atoms with Crippen molar-refractivity contribution < 1.29 is 19.5 Å². The molecule has 164 valence electrons. The van der Waals surface area contributed by atoms with E-state index in [1.165, 1.54) is 4.90 Å². The molecule has 2 saturated heterocycles. The molecule has 9 nitrogen and oxygen atoms in total. The van der Waals surface area contributed by atoms with Crippen LogP contribution >= 0.6 is 0 Å². The molecule has 3 N–H and O–H groups in total. The van der Waals surface area contributed by atoms with Crippen LogP contribution in [0.3, 0.4) is 0 Å². The molecule has 0 bridgehead atoms. The van der Waals surface area contributed by atoms with Crippen molar-refractivity contribution in [3.63, 3.8) is 0 Å². The van der Waals surface area contributed by atoms with Crippen LogP contribution in [0.4, 0.5) is 5.69 Å². The number of piperazine rings is 2. The monoisotopic (exact) mass is 417 g/mol. The average Bonchev–Trinajstić information content (AvgIpc) is 2.71. The molecular formula is C21H31N5O4. The van der Waals surface area contributed by atoms with Crippen LogP contribution in [0.25, 0.3) is 0 Å². The zero-order chi connectivity index (χ0) is 21.5. The Kier molecular flexibility index (Phi) is 7.78. The van der Waals surface area contributed by atoms with Gasteiger partial charge in [0.15, 0.2) is 0 Å². The Morgan fingerprint density at radius 1 is 1.17 bits per heavy atom. The van der Waals surface area contributed by atoms with E-state index in [-0.39, 0.29) is 37.3 Å². The summed E-state index contributed by atoms with van der Waals surface area (Å²) in [5.74, 6) is -0.714. The van der Waals surface area contributed by atoms with Crippen LogP contribution in [-0.2, 0) is 14.4 Å². The maximum absolute atomic E-state index is 12.9. The van der Waals surface area contributed by atoms with Gasteiger partial charge in [0.2, 0.25) is 17.7 Å². The highest BCUT2D eigenvalue weighted by molar-refractivity contribution is 5.97. The van der Waals surface area contributed by atoms with E-state index in [4.69, 9.17) is 5.11 Å². The Bertz CT molecular complexity index is 764. The van der Waals surface area contributed by atoms with Gasteiger partial charge in [-0.1, -0.05) is 12.1 Å². The van der Waals surface area contributed by atoms with Crippen LogP contribution in [0.5, 0.6) is 0 Å². The third-order valence-corrected chi connectivity index (χ3v) is 5.57. The van der Waals surface area contributed by atoms with E-state index in [0.29, 0.717) is 25.3 Å². The van der Waals surface area contributed by atoms with Crippen molar-refractivity contribution in [1.29, 1.82) is 0 Å². The molecule has 2 heterocycles. The smallest absolute Gasteiger partial charge is 0.243 e. The lowest BCUT2D eigenvalue weighted by Gasteiger charge is -2.38. The van der Waals surface area contributed by atoms with Gasteiger partial charge >= 0.3 is 0 Å². The van der Waals surface area contributed by atoms with Crippen molar-refractivity contribution in [2.45, 2.75) is 19.4 Å². The topological polar surface area (TPSA) is 105 Å². The highest BCUT2D eigenvalue weighted by atomic mass is 16.3. The summed E-state index contributed by atoms with van der Waals surface area (Å²) in [6.07, 6.45) is -0.0736. The molecule has 0 unspecified atom stereocenters. The number of nitrogens with zero attached hydrogens (tertiary/aromatic N) is 3. The molecule has 1 atom stereocenters. The molecule has 1 aromatic rings. The van der Waals surface area contributed by atoms with E-state index in [1.807, 2.05) is 25.1 Å². The molecule has 0 aliphatic carbocycles. The van der Waals surface area contributed by atoms with Crippen molar-refractivity contribution in [1.82, 2.24) is 20.0 Å². The molecule has 2 aliphatic rings. The van der Waals surface area contributed by atoms with Crippen LogP contribution in [0, 0.1) is 6.92 Å². The molecule has 0 aromatic heterocycles. The van der Waals surface area contributed by atoms with Gasteiger partial charge in [0.05, 0.1) is 19.6 Å². The predicted octanol–water partition coefficient (Wildman–Crippen LogP) is -0.739. The summed E-state index contributed by atoms with van der Waals surface area (Å²) in [4.78, 5) is 43.6. The van der Waals surface area contributed by atoms with Crippen LogP contribution in [0.1, 0.15) is 12.0 Å². The molecule has 30 heavy (non-hydrogen) atoms. The van der Waals surface area contributed by atoms with Gasteiger partial charge < -0.3 is 20.6 Å². The number of aliphatic hydroxyl groups is 1. The van der Waals surface area contributed by atoms with E-state index < -0.39 is 6.04 Å². The summed E-state index contributed by atoms with van der Waals surface area (Å²) in [5.41, 5.74) is 1.70. The van der Waals surface area contributed by atoms with Crippen LogP contribution in [0.15, 0.2) is 24.3 Å². The Balaban J connectivity index is 1.56. The van der Waals surface area contributed by atoms with Gasteiger partial charge in [-0.15, -0.1) is 0 Å². The summed E-state index contributed by atoms with van der Waals surface area (Å²) >= 11 is 0. The number of nitrogens with one attached hydrogen (secondary N) is 2. The Hall–Kier alpha value is -2.49. The number of amides is 3. The number of carbonyl (C=O) groups is 3. The Labute approximate surface area is 177 Å². The van der Waals surface area contributed by atoms with Crippen LogP contribution in [-0.4, -0.2) is 103 Å². The fourth-order valence-electron chi connectivity index (χ4n) is 3.92. The fraction of sp³-hybridized carbons (Fsp3) is 0.571. The number of aryl methyl sites for hydroxylation is 1. The zero-order valence-electron chi connectivity index (χ0n) is 17.5. The summed E-state index contributed by atoms with van der Waals surface area (Å²) in [5, 5.41) is 14.6. The molecule has 3 amide bonds. The highest BCUT2D eigenvalue weighted by Gasteiger charge is 2.35. The standard InChI is InChI=1S/C21H31N5O4/c1-16-3-2-4-17(13-16)23-19(28)14-18-21(30)22-5-6-26(18)20(29)15-25-9-7-24(8-10-25)11-12-27/h2-4,13,18,27H,5-12,14-15H2,1H3,(H,22,30)(H,23,28)/t18-/m0/s1. The van der Waals surface area contributed by atoms with Gasteiger partial charge in [0.1, 0.15) is 6.04 Å². The number of carbonyl (C=O) groups excluding carboxylic acids is 3. The second-order valence-corrected chi connectivity index (χ2v) is 7.86. The number of aliphatic hydroxyl groups excluding tert-OH is 1. The van der Waals surface area contributed by atoms with Crippen molar-refractivity contribution in [2.75, 3.05) is 64.3 Å². The second kappa shape index (κ2) is 10.5. The lowest BCUT2D eigenvalue weighted by atomic mass is 10.1. The first-order chi connectivity index (χ1) is 14.5. The van der Waals surface area contributed by atoms with E-state index in [1.54, 1.807) is 6.07 Å². The van der Waals surface area contributed by atoms with Crippen molar-refractivity contribution in [2.24, 2.45) is 0 Å². The number of anilines is 1. The quantitative estimate of drug-likeness (QED) is 0.540. The minimum atomic E-state index is -0.799. The molecule has 2 fully saturated rings. The number of hydrogen-bond acceptors (Lipinski definition) is 6. The molecule has 0 saturated carbocycles.